The zero-order valence-electron chi connectivity index (χ0n) is 18.7. The van der Waals surface area contributed by atoms with Gasteiger partial charge in [0, 0.05) is 6.42 Å². The van der Waals surface area contributed by atoms with Crippen LogP contribution >= 0.6 is 0 Å². The quantitative estimate of drug-likeness (QED) is 0.293. The van der Waals surface area contributed by atoms with Crippen molar-refractivity contribution in [2.45, 2.75) is 19.9 Å². The van der Waals surface area contributed by atoms with Gasteiger partial charge in [0.2, 0.25) is 0 Å². The van der Waals surface area contributed by atoms with Crippen LogP contribution in [-0.4, -0.2) is 36.0 Å². The van der Waals surface area contributed by atoms with Gasteiger partial charge in [0.05, 0.1) is 26.0 Å². The van der Waals surface area contributed by atoms with Crippen LogP contribution in [0.5, 0.6) is 11.5 Å². The van der Waals surface area contributed by atoms with Crippen LogP contribution in [0.15, 0.2) is 76.9 Å². The molecule has 0 spiro atoms. The normalized spacial score (nSPS) is 14.9. The highest BCUT2D eigenvalue weighted by Gasteiger charge is 2.36. The van der Waals surface area contributed by atoms with E-state index in [1.165, 1.54) is 12.3 Å². The number of nitrogens with zero attached hydrogens (tertiary/aromatic N) is 1. The number of benzene rings is 2. The molecule has 3 aromatic rings. The Hall–Kier alpha value is -4.33. The van der Waals surface area contributed by atoms with E-state index in [0.29, 0.717) is 36.7 Å². The molecule has 174 valence electrons. The average molecular weight is 460 g/mol. The summed E-state index contributed by atoms with van der Waals surface area (Å²) < 4.78 is 16.6. The molecule has 4 amide bonds. The van der Waals surface area contributed by atoms with Crippen molar-refractivity contribution in [1.82, 2.24) is 10.2 Å². The van der Waals surface area contributed by atoms with E-state index < -0.39 is 17.8 Å². The molecular weight excluding hydrogens is 436 g/mol. The molecule has 8 nitrogen and oxygen atoms in total. The minimum absolute atomic E-state index is 0.0668. The second-order valence-corrected chi connectivity index (χ2v) is 7.72. The molecule has 1 aliphatic rings. The fourth-order valence-corrected chi connectivity index (χ4v) is 3.37. The molecule has 0 bridgehead atoms. The van der Waals surface area contributed by atoms with Crippen LogP contribution in [0.25, 0.3) is 6.08 Å². The minimum atomic E-state index is -0.779. The number of furan rings is 1. The smallest absolute Gasteiger partial charge is 0.331 e. The van der Waals surface area contributed by atoms with Crippen molar-refractivity contribution in [3.8, 4) is 11.5 Å². The summed E-state index contributed by atoms with van der Waals surface area (Å²) in [6, 6.07) is 17.4. The molecule has 1 saturated heterocycles. The van der Waals surface area contributed by atoms with Crippen LogP contribution in [0, 0.1) is 6.92 Å². The summed E-state index contributed by atoms with van der Waals surface area (Å²) >= 11 is 0. The minimum Gasteiger partial charge on any atom is -0.493 e. The third-order valence-corrected chi connectivity index (χ3v) is 5.09. The molecular formula is C26H24N2O6. The summed E-state index contributed by atoms with van der Waals surface area (Å²) in [7, 11) is 0. The van der Waals surface area contributed by atoms with Gasteiger partial charge in [-0.25, -0.2) is 4.79 Å². The number of rotatable bonds is 9. The van der Waals surface area contributed by atoms with E-state index in [2.05, 4.69) is 5.32 Å². The number of nitrogens with one attached hydrogen (secondary N) is 1. The Balaban J connectivity index is 1.31. The second kappa shape index (κ2) is 10.5. The molecule has 2 heterocycles. The molecule has 2 aromatic carbocycles. The first kappa shape index (κ1) is 22.8. The molecule has 1 aromatic heterocycles. The van der Waals surface area contributed by atoms with Crippen molar-refractivity contribution in [2.75, 3.05) is 13.2 Å². The largest absolute Gasteiger partial charge is 0.493 e. The van der Waals surface area contributed by atoms with Crippen molar-refractivity contribution in [3.05, 3.63) is 89.4 Å². The third kappa shape index (κ3) is 5.72. The summed E-state index contributed by atoms with van der Waals surface area (Å²) in [5.41, 5.74) is 1.64. The first-order chi connectivity index (χ1) is 16.5. The molecule has 1 fully saturated rings. The van der Waals surface area contributed by atoms with Gasteiger partial charge in [0.25, 0.3) is 11.8 Å². The van der Waals surface area contributed by atoms with Crippen LogP contribution in [0.4, 0.5) is 4.79 Å². The highest BCUT2D eigenvalue weighted by molar-refractivity contribution is 6.30. The lowest BCUT2D eigenvalue weighted by atomic mass is 10.1. The monoisotopic (exact) mass is 460 g/mol. The van der Waals surface area contributed by atoms with Crippen LogP contribution in [-0.2, 0) is 16.1 Å². The van der Waals surface area contributed by atoms with E-state index in [0.717, 1.165) is 16.2 Å². The summed E-state index contributed by atoms with van der Waals surface area (Å²) in [5, 5.41) is 2.19. The highest BCUT2D eigenvalue weighted by Crippen LogP contribution is 2.19. The van der Waals surface area contributed by atoms with Crippen LogP contribution in [0.3, 0.4) is 0 Å². The standard InChI is InChI=1S/C26H24N2O6/c1-18-5-2-6-21(15-18)33-14-4-13-32-20-10-8-19(9-11-20)16-23-24(29)27-26(31)28(25(23)30)17-22-7-3-12-34-22/h2-3,5-12,15-16H,4,13-14,17H2,1H3,(H,27,29,31). The molecule has 1 aliphatic heterocycles. The number of barbiturate groups is 1. The number of amides is 4. The van der Waals surface area contributed by atoms with Gasteiger partial charge in [-0.1, -0.05) is 24.3 Å². The Bertz CT molecular complexity index is 1200. The van der Waals surface area contributed by atoms with E-state index in [1.807, 2.05) is 31.2 Å². The number of hydrogen-bond donors (Lipinski definition) is 1. The van der Waals surface area contributed by atoms with Crippen molar-refractivity contribution >= 4 is 23.9 Å². The fraction of sp³-hybridized carbons (Fsp3) is 0.192. The van der Waals surface area contributed by atoms with E-state index in [1.54, 1.807) is 36.4 Å². The topological polar surface area (TPSA) is 98.1 Å². The maximum absolute atomic E-state index is 12.8. The molecule has 8 heteroatoms. The number of urea groups is 1. The van der Waals surface area contributed by atoms with E-state index >= 15 is 0 Å². The summed E-state index contributed by atoms with van der Waals surface area (Å²) in [5.74, 6) is 0.511. The predicted molar refractivity (Wildman–Crippen MR) is 124 cm³/mol. The zero-order valence-corrected chi connectivity index (χ0v) is 18.7. The van der Waals surface area contributed by atoms with Crippen molar-refractivity contribution in [3.63, 3.8) is 0 Å². The lowest BCUT2D eigenvalue weighted by molar-refractivity contribution is -0.130. The van der Waals surface area contributed by atoms with Gasteiger partial charge < -0.3 is 13.9 Å². The Morgan fingerprint density at radius 2 is 1.71 bits per heavy atom. The zero-order chi connectivity index (χ0) is 23.9. The first-order valence-corrected chi connectivity index (χ1v) is 10.8. The molecule has 0 radical (unpaired) electrons. The molecule has 0 aliphatic carbocycles. The Morgan fingerprint density at radius 3 is 2.41 bits per heavy atom. The molecule has 34 heavy (non-hydrogen) atoms. The van der Waals surface area contributed by atoms with Gasteiger partial charge >= 0.3 is 6.03 Å². The lowest BCUT2D eigenvalue weighted by Crippen LogP contribution is -2.53. The van der Waals surface area contributed by atoms with Crippen LogP contribution in [0.1, 0.15) is 23.3 Å². The molecule has 0 saturated carbocycles. The molecule has 0 unspecified atom stereocenters. The van der Waals surface area contributed by atoms with Gasteiger partial charge in [-0.15, -0.1) is 0 Å². The Kier molecular flexibility index (Phi) is 7.07. The number of carbonyl (C=O) groups is 3. The SMILES string of the molecule is Cc1cccc(OCCCOc2ccc(C=C3C(=O)NC(=O)N(Cc4ccco4)C3=O)cc2)c1. The fourth-order valence-electron chi connectivity index (χ4n) is 3.37. The van der Waals surface area contributed by atoms with Crippen molar-refractivity contribution in [1.29, 1.82) is 0 Å². The van der Waals surface area contributed by atoms with E-state index in [9.17, 15) is 14.4 Å². The average Bonchev–Trinajstić information content (AvgIpc) is 3.34. The van der Waals surface area contributed by atoms with Gasteiger partial charge in [-0.3, -0.25) is 19.8 Å². The number of hydrogen-bond acceptors (Lipinski definition) is 6. The highest BCUT2D eigenvalue weighted by atomic mass is 16.5. The van der Waals surface area contributed by atoms with E-state index in [-0.39, 0.29) is 12.1 Å². The van der Waals surface area contributed by atoms with Gasteiger partial charge in [0.15, 0.2) is 0 Å². The summed E-state index contributed by atoms with van der Waals surface area (Å²) in [4.78, 5) is 38.1. The molecule has 1 N–H and O–H groups in total. The van der Waals surface area contributed by atoms with Crippen molar-refractivity contribution in [2.24, 2.45) is 0 Å². The number of carbonyl (C=O) groups excluding carboxylic acids is 3. The summed E-state index contributed by atoms with van der Waals surface area (Å²) in [6.07, 6.45) is 3.61. The number of imide groups is 2. The summed E-state index contributed by atoms with van der Waals surface area (Å²) in [6.45, 7) is 2.97. The van der Waals surface area contributed by atoms with Crippen LogP contribution < -0.4 is 14.8 Å². The van der Waals surface area contributed by atoms with Gasteiger partial charge in [-0.2, -0.15) is 0 Å². The maximum Gasteiger partial charge on any atom is 0.331 e. The Labute approximate surface area is 196 Å². The second-order valence-electron chi connectivity index (χ2n) is 7.72. The number of aryl methyl sites for hydroxylation is 1. The van der Waals surface area contributed by atoms with Gasteiger partial charge in [0.1, 0.15) is 22.8 Å². The van der Waals surface area contributed by atoms with Gasteiger partial charge in [-0.05, 0) is 60.5 Å². The van der Waals surface area contributed by atoms with E-state index in [4.69, 9.17) is 13.9 Å². The molecule has 0 atom stereocenters. The number of ether oxygens (including phenoxy) is 2. The third-order valence-electron chi connectivity index (χ3n) is 5.09. The lowest BCUT2D eigenvalue weighted by Gasteiger charge is -2.25. The Morgan fingerprint density at radius 1 is 0.941 bits per heavy atom. The maximum atomic E-state index is 12.8. The van der Waals surface area contributed by atoms with Crippen LogP contribution in [0.2, 0.25) is 0 Å². The van der Waals surface area contributed by atoms with Crippen molar-refractivity contribution < 1.29 is 28.3 Å². The first-order valence-electron chi connectivity index (χ1n) is 10.8. The predicted octanol–water partition coefficient (Wildman–Crippen LogP) is 4.10. The molecule has 4 rings (SSSR count).